The third-order valence-electron chi connectivity index (χ3n) is 1.97. The van der Waals surface area contributed by atoms with Crippen molar-refractivity contribution in [2.24, 2.45) is 0 Å². The van der Waals surface area contributed by atoms with Gasteiger partial charge in [-0.1, -0.05) is 15.9 Å². The van der Waals surface area contributed by atoms with Gasteiger partial charge in [0.2, 0.25) is 0 Å². The molecule has 2 aromatic rings. The van der Waals surface area contributed by atoms with Gasteiger partial charge in [-0.2, -0.15) is 5.26 Å². The van der Waals surface area contributed by atoms with Crippen LogP contribution in [0.2, 0.25) is 0 Å². The highest BCUT2D eigenvalue weighted by molar-refractivity contribution is 9.10. The normalized spacial score (nSPS) is 9.71. The first-order valence-electron chi connectivity index (χ1n) is 4.67. The lowest BCUT2D eigenvalue weighted by Crippen LogP contribution is -1.89. The lowest BCUT2D eigenvalue weighted by Gasteiger charge is -2.07. The summed E-state index contributed by atoms with van der Waals surface area (Å²) in [6.45, 7) is 0. The number of nitriles is 1. The van der Waals surface area contributed by atoms with Crippen LogP contribution < -0.4 is 4.74 Å². The minimum Gasteiger partial charge on any atom is -0.454 e. The standard InChI is InChI=1S/C12H6Br2N2O/c13-9-2-1-8(5-15)12(4-9)17-11-3-10(14)6-16-7-11/h1-4,6-7H. The van der Waals surface area contributed by atoms with Crippen molar-refractivity contribution in [3.8, 4) is 17.6 Å². The van der Waals surface area contributed by atoms with Crippen molar-refractivity contribution in [1.29, 1.82) is 5.26 Å². The van der Waals surface area contributed by atoms with Crippen LogP contribution in [0.3, 0.4) is 0 Å². The minimum absolute atomic E-state index is 0.480. The van der Waals surface area contributed by atoms with Crippen LogP contribution >= 0.6 is 31.9 Å². The highest BCUT2D eigenvalue weighted by atomic mass is 79.9. The summed E-state index contributed by atoms with van der Waals surface area (Å²) in [7, 11) is 0. The van der Waals surface area contributed by atoms with Crippen molar-refractivity contribution >= 4 is 31.9 Å². The molecule has 1 aromatic heterocycles. The van der Waals surface area contributed by atoms with Gasteiger partial charge >= 0.3 is 0 Å². The van der Waals surface area contributed by atoms with Crippen LogP contribution in [0.1, 0.15) is 5.56 Å². The van der Waals surface area contributed by atoms with Gasteiger partial charge in [0.05, 0.1) is 11.8 Å². The van der Waals surface area contributed by atoms with E-state index in [4.69, 9.17) is 10.00 Å². The quantitative estimate of drug-likeness (QED) is 0.809. The summed E-state index contributed by atoms with van der Waals surface area (Å²) in [6.07, 6.45) is 3.26. The third kappa shape index (κ3) is 3.05. The maximum Gasteiger partial charge on any atom is 0.146 e. The highest BCUT2D eigenvalue weighted by Gasteiger charge is 2.06. The number of hydrogen-bond acceptors (Lipinski definition) is 3. The molecule has 0 spiro atoms. The summed E-state index contributed by atoms with van der Waals surface area (Å²) >= 11 is 6.65. The van der Waals surface area contributed by atoms with Gasteiger partial charge in [0.25, 0.3) is 0 Å². The van der Waals surface area contributed by atoms with Crippen molar-refractivity contribution in [3.05, 3.63) is 51.2 Å². The zero-order valence-corrected chi connectivity index (χ0v) is 11.7. The molecule has 0 saturated carbocycles. The van der Waals surface area contributed by atoms with Crippen LogP contribution in [0.5, 0.6) is 11.5 Å². The van der Waals surface area contributed by atoms with Crippen molar-refractivity contribution in [2.75, 3.05) is 0 Å². The summed E-state index contributed by atoms with van der Waals surface area (Å²) in [4.78, 5) is 3.99. The number of benzene rings is 1. The van der Waals surface area contributed by atoms with Gasteiger partial charge in [0, 0.05) is 15.1 Å². The molecule has 3 nitrogen and oxygen atoms in total. The number of aromatic nitrogens is 1. The van der Waals surface area contributed by atoms with Crippen LogP contribution in [-0.4, -0.2) is 4.98 Å². The third-order valence-corrected chi connectivity index (χ3v) is 2.90. The molecule has 0 aliphatic carbocycles. The Hall–Kier alpha value is -1.38. The van der Waals surface area contributed by atoms with Gasteiger partial charge in [-0.25, -0.2) is 0 Å². The Morgan fingerprint density at radius 3 is 2.65 bits per heavy atom. The molecule has 0 aliphatic heterocycles. The number of hydrogen-bond donors (Lipinski definition) is 0. The molecule has 0 bridgehead atoms. The first-order valence-corrected chi connectivity index (χ1v) is 6.25. The van der Waals surface area contributed by atoms with E-state index in [2.05, 4.69) is 42.9 Å². The lowest BCUT2D eigenvalue weighted by molar-refractivity contribution is 0.478. The molecule has 0 atom stereocenters. The maximum absolute atomic E-state index is 8.97. The fourth-order valence-corrected chi connectivity index (χ4v) is 1.93. The number of ether oxygens (including phenoxy) is 1. The largest absolute Gasteiger partial charge is 0.454 e. The van der Waals surface area contributed by atoms with Crippen molar-refractivity contribution in [1.82, 2.24) is 4.98 Å². The van der Waals surface area contributed by atoms with Crippen molar-refractivity contribution in [3.63, 3.8) is 0 Å². The van der Waals surface area contributed by atoms with Crippen molar-refractivity contribution in [2.45, 2.75) is 0 Å². The zero-order chi connectivity index (χ0) is 12.3. The fraction of sp³-hybridized carbons (Fsp3) is 0. The molecule has 1 heterocycles. The molecule has 0 aliphatic rings. The first-order chi connectivity index (χ1) is 8.19. The first kappa shape index (κ1) is 12.1. The van der Waals surface area contributed by atoms with Crippen LogP contribution in [0.4, 0.5) is 0 Å². The number of rotatable bonds is 2. The molecular formula is C12H6Br2N2O. The molecule has 2 rings (SSSR count). The molecule has 0 radical (unpaired) electrons. The molecular weight excluding hydrogens is 348 g/mol. The predicted molar refractivity (Wildman–Crippen MR) is 70.9 cm³/mol. The monoisotopic (exact) mass is 352 g/mol. The molecule has 5 heteroatoms. The second kappa shape index (κ2) is 5.30. The second-order valence-electron chi connectivity index (χ2n) is 3.19. The Morgan fingerprint density at radius 2 is 1.94 bits per heavy atom. The van der Waals surface area contributed by atoms with E-state index in [0.717, 1.165) is 8.95 Å². The molecule has 0 saturated heterocycles. The van der Waals surface area contributed by atoms with Crippen LogP contribution in [-0.2, 0) is 0 Å². The van der Waals surface area contributed by atoms with Gasteiger partial charge in [0.1, 0.15) is 17.6 Å². The Kier molecular flexibility index (Phi) is 3.77. The van der Waals surface area contributed by atoms with E-state index in [1.165, 1.54) is 0 Å². The van der Waals surface area contributed by atoms with E-state index in [-0.39, 0.29) is 0 Å². The molecule has 0 fully saturated rings. The van der Waals surface area contributed by atoms with E-state index >= 15 is 0 Å². The lowest BCUT2D eigenvalue weighted by atomic mass is 10.2. The molecule has 0 unspecified atom stereocenters. The maximum atomic E-state index is 8.97. The van der Waals surface area contributed by atoms with Crippen LogP contribution in [0.25, 0.3) is 0 Å². The summed E-state index contributed by atoms with van der Waals surface area (Å²) in [5.41, 5.74) is 0.480. The van der Waals surface area contributed by atoms with E-state index in [0.29, 0.717) is 17.1 Å². The van der Waals surface area contributed by atoms with E-state index < -0.39 is 0 Å². The van der Waals surface area contributed by atoms with Crippen molar-refractivity contribution < 1.29 is 4.74 Å². The van der Waals surface area contributed by atoms with E-state index in [1.807, 2.05) is 0 Å². The Bertz CT molecular complexity index is 593. The second-order valence-corrected chi connectivity index (χ2v) is 5.02. The van der Waals surface area contributed by atoms with Gasteiger partial charge in [0.15, 0.2) is 0 Å². The number of halogens is 2. The summed E-state index contributed by atoms with van der Waals surface area (Å²) < 4.78 is 7.30. The number of nitrogens with zero attached hydrogens (tertiary/aromatic N) is 2. The van der Waals surface area contributed by atoms with Gasteiger partial charge in [-0.3, -0.25) is 4.98 Å². The summed E-state index contributed by atoms with van der Waals surface area (Å²) in [5, 5.41) is 8.97. The molecule has 84 valence electrons. The predicted octanol–water partition coefficient (Wildman–Crippen LogP) is 4.27. The average Bonchev–Trinajstić information content (AvgIpc) is 2.29. The van der Waals surface area contributed by atoms with E-state index in [9.17, 15) is 0 Å². The smallest absolute Gasteiger partial charge is 0.146 e. The Morgan fingerprint density at radius 1 is 1.12 bits per heavy atom. The SMILES string of the molecule is N#Cc1ccc(Br)cc1Oc1cncc(Br)c1. The molecule has 0 amide bonds. The van der Waals surface area contributed by atoms with Crippen LogP contribution in [0, 0.1) is 11.3 Å². The minimum atomic E-state index is 0.480. The van der Waals surface area contributed by atoms with Gasteiger partial charge < -0.3 is 4.74 Å². The topological polar surface area (TPSA) is 45.9 Å². The number of pyridine rings is 1. The van der Waals surface area contributed by atoms with Gasteiger partial charge in [-0.05, 0) is 40.2 Å². The van der Waals surface area contributed by atoms with Gasteiger partial charge in [-0.15, -0.1) is 0 Å². The zero-order valence-electron chi connectivity index (χ0n) is 8.52. The highest BCUT2D eigenvalue weighted by Crippen LogP contribution is 2.28. The molecule has 0 N–H and O–H groups in total. The van der Waals surface area contributed by atoms with Crippen LogP contribution in [0.15, 0.2) is 45.6 Å². The summed E-state index contributed by atoms with van der Waals surface area (Å²) in [5.74, 6) is 1.08. The Labute approximate surface area is 115 Å². The Balaban J connectivity index is 2.36. The fourth-order valence-electron chi connectivity index (χ4n) is 1.25. The molecule has 17 heavy (non-hydrogen) atoms. The molecule has 1 aromatic carbocycles. The van der Waals surface area contributed by atoms with E-state index in [1.54, 1.807) is 36.7 Å². The average molecular weight is 354 g/mol. The summed E-state index contributed by atoms with van der Waals surface area (Å²) in [6, 6.07) is 9.11.